The lowest BCUT2D eigenvalue weighted by Crippen LogP contribution is -2.11. The molecule has 3 rings (SSSR count). The number of hydrogen-bond donors (Lipinski definition) is 1. The van der Waals surface area contributed by atoms with Crippen LogP contribution in [0.4, 0.5) is 10.8 Å². The molecule has 1 aromatic heterocycles. The van der Waals surface area contributed by atoms with Gasteiger partial charge in [-0.25, -0.2) is 10.4 Å². The van der Waals surface area contributed by atoms with E-state index in [-0.39, 0.29) is 24.5 Å². The van der Waals surface area contributed by atoms with Crippen LogP contribution in [0.15, 0.2) is 65.1 Å². The summed E-state index contributed by atoms with van der Waals surface area (Å²) in [6.07, 6.45) is -0.0141. The topological polar surface area (TPSA) is 107 Å². The quantitative estimate of drug-likeness (QED) is 0.219. The predicted octanol–water partition coefficient (Wildman–Crippen LogP) is 3.86. The van der Waals surface area contributed by atoms with Gasteiger partial charge in [0.2, 0.25) is 11.0 Å². The van der Waals surface area contributed by atoms with Crippen LogP contribution in [0.5, 0.6) is 0 Å². The number of benzene rings is 2. The second kappa shape index (κ2) is 8.68. The average Bonchev–Trinajstić information content (AvgIpc) is 3.16. The molecule has 0 fully saturated rings. The standard InChI is InChI=1S/C18H14N4O4S/c23-12-26-17(10-14-8-4-5-9-16(14)22(24)25)20-21-18-19-15(11-27-18)13-6-2-1-3-7-13/h1-9,11-12H,10H2,(H,19,21)/b20-17+. The fourth-order valence-corrected chi connectivity index (χ4v) is 3.00. The number of anilines is 1. The van der Waals surface area contributed by atoms with Crippen LogP contribution in [-0.4, -0.2) is 22.3 Å². The molecule has 136 valence electrons. The minimum absolute atomic E-state index is 0.00392. The van der Waals surface area contributed by atoms with E-state index in [1.807, 2.05) is 35.7 Å². The predicted molar refractivity (Wildman–Crippen MR) is 103 cm³/mol. The molecule has 0 amide bonds. The fraction of sp³-hybridized carbons (Fsp3) is 0.0556. The summed E-state index contributed by atoms with van der Waals surface area (Å²) in [6.45, 7) is 0.229. The summed E-state index contributed by atoms with van der Waals surface area (Å²) < 4.78 is 4.86. The molecule has 1 heterocycles. The van der Waals surface area contributed by atoms with Crippen LogP contribution >= 0.6 is 11.3 Å². The third-order valence-corrected chi connectivity index (χ3v) is 4.31. The number of aromatic nitrogens is 1. The van der Waals surface area contributed by atoms with E-state index in [1.54, 1.807) is 18.2 Å². The van der Waals surface area contributed by atoms with Crippen molar-refractivity contribution in [3.05, 3.63) is 75.7 Å². The van der Waals surface area contributed by atoms with Gasteiger partial charge in [0.1, 0.15) is 0 Å². The van der Waals surface area contributed by atoms with Gasteiger partial charge < -0.3 is 4.74 Å². The number of hydrazone groups is 1. The van der Waals surface area contributed by atoms with Crippen molar-refractivity contribution in [2.45, 2.75) is 6.42 Å². The summed E-state index contributed by atoms with van der Waals surface area (Å²) in [6, 6.07) is 15.8. The Morgan fingerprint density at radius 3 is 2.70 bits per heavy atom. The number of nitro benzene ring substituents is 1. The van der Waals surface area contributed by atoms with Crippen LogP contribution in [0.1, 0.15) is 5.56 Å². The first-order chi connectivity index (χ1) is 13.2. The van der Waals surface area contributed by atoms with Crippen molar-refractivity contribution in [1.29, 1.82) is 0 Å². The zero-order valence-electron chi connectivity index (χ0n) is 13.9. The van der Waals surface area contributed by atoms with Crippen molar-refractivity contribution in [3.63, 3.8) is 0 Å². The van der Waals surface area contributed by atoms with Crippen LogP contribution in [0.2, 0.25) is 0 Å². The number of nitro groups is 1. The van der Waals surface area contributed by atoms with E-state index in [4.69, 9.17) is 4.74 Å². The minimum atomic E-state index is -0.492. The Kier molecular flexibility index (Phi) is 5.85. The summed E-state index contributed by atoms with van der Waals surface area (Å²) in [4.78, 5) is 25.8. The monoisotopic (exact) mass is 382 g/mol. The Morgan fingerprint density at radius 2 is 1.96 bits per heavy atom. The number of thiazole rings is 1. The number of hydrogen-bond acceptors (Lipinski definition) is 8. The first-order valence-electron chi connectivity index (χ1n) is 7.83. The second-order valence-corrected chi connectivity index (χ2v) is 6.16. The van der Waals surface area contributed by atoms with E-state index in [9.17, 15) is 14.9 Å². The lowest BCUT2D eigenvalue weighted by molar-refractivity contribution is -0.385. The molecule has 0 aliphatic heterocycles. The zero-order chi connectivity index (χ0) is 19.1. The summed E-state index contributed by atoms with van der Waals surface area (Å²) >= 11 is 1.34. The van der Waals surface area contributed by atoms with Gasteiger partial charge in [0.25, 0.3) is 12.2 Å². The average molecular weight is 382 g/mol. The first kappa shape index (κ1) is 18.2. The molecule has 0 spiro atoms. The highest BCUT2D eigenvalue weighted by Crippen LogP contribution is 2.24. The molecule has 0 saturated carbocycles. The molecule has 0 aliphatic carbocycles. The van der Waals surface area contributed by atoms with Gasteiger partial charge in [0.15, 0.2) is 0 Å². The van der Waals surface area contributed by atoms with Crippen molar-refractivity contribution in [2.75, 3.05) is 5.43 Å². The SMILES string of the molecule is O=CO/C(Cc1ccccc1[N+](=O)[O-])=N/Nc1nc(-c2ccccc2)cs1. The largest absolute Gasteiger partial charge is 0.412 e. The van der Waals surface area contributed by atoms with E-state index >= 15 is 0 Å². The third kappa shape index (κ3) is 4.73. The molecule has 1 N–H and O–H groups in total. The van der Waals surface area contributed by atoms with Gasteiger partial charge in [-0.05, 0) is 0 Å². The number of nitrogens with zero attached hydrogens (tertiary/aromatic N) is 3. The van der Waals surface area contributed by atoms with Gasteiger partial charge in [-0.2, -0.15) is 0 Å². The molecular weight excluding hydrogens is 368 g/mol. The second-order valence-electron chi connectivity index (χ2n) is 5.30. The molecule has 2 aromatic carbocycles. The summed E-state index contributed by atoms with van der Waals surface area (Å²) in [5.41, 5.74) is 4.80. The highest BCUT2D eigenvalue weighted by molar-refractivity contribution is 7.14. The molecule has 3 aromatic rings. The maximum absolute atomic E-state index is 11.1. The number of ether oxygens (including phenoxy) is 1. The molecule has 0 aliphatic rings. The van der Waals surface area contributed by atoms with Crippen molar-refractivity contribution in [1.82, 2.24) is 4.98 Å². The third-order valence-electron chi connectivity index (χ3n) is 3.56. The number of carbonyl (C=O) groups excluding carboxylic acids is 1. The van der Waals surface area contributed by atoms with E-state index in [2.05, 4.69) is 15.5 Å². The maximum atomic E-state index is 11.1. The lowest BCUT2D eigenvalue weighted by atomic mass is 10.1. The van der Waals surface area contributed by atoms with Gasteiger partial charge in [-0.1, -0.05) is 48.5 Å². The summed E-state index contributed by atoms with van der Waals surface area (Å²) in [7, 11) is 0. The highest BCUT2D eigenvalue weighted by atomic mass is 32.1. The molecule has 0 unspecified atom stereocenters. The Morgan fingerprint density at radius 1 is 1.22 bits per heavy atom. The molecule has 0 atom stereocenters. The number of para-hydroxylation sites is 1. The molecule has 0 radical (unpaired) electrons. The van der Waals surface area contributed by atoms with Crippen LogP contribution in [0.25, 0.3) is 11.3 Å². The fourth-order valence-electron chi connectivity index (χ4n) is 2.34. The van der Waals surface area contributed by atoms with Gasteiger partial charge >= 0.3 is 0 Å². The first-order valence-corrected chi connectivity index (χ1v) is 8.71. The van der Waals surface area contributed by atoms with Gasteiger partial charge in [-0.15, -0.1) is 16.4 Å². The Hall–Kier alpha value is -3.59. The molecule has 0 saturated heterocycles. The van der Waals surface area contributed by atoms with Crippen LogP contribution < -0.4 is 5.43 Å². The van der Waals surface area contributed by atoms with Crippen molar-refractivity contribution in [2.24, 2.45) is 5.10 Å². The van der Waals surface area contributed by atoms with Crippen LogP contribution in [-0.2, 0) is 16.0 Å². The Bertz CT molecular complexity index is 972. The van der Waals surface area contributed by atoms with Crippen molar-refractivity contribution in [3.8, 4) is 11.3 Å². The van der Waals surface area contributed by atoms with Crippen molar-refractivity contribution >= 4 is 34.5 Å². The molecule has 9 heteroatoms. The van der Waals surface area contributed by atoms with Crippen LogP contribution in [0.3, 0.4) is 0 Å². The van der Waals surface area contributed by atoms with Crippen LogP contribution in [0, 0.1) is 10.1 Å². The van der Waals surface area contributed by atoms with E-state index in [1.165, 1.54) is 17.4 Å². The van der Waals surface area contributed by atoms with E-state index in [0.717, 1.165) is 11.3 Å². The Labute approximate surface area is 158 Å². The number of nitrogens with one attached hydrogen (secondary N) is 1. The minimum Gasteiger partial charge on any atom is -0.412 e. The number of rotatable bonds is 7. The van der Waals surface area contributed by atoms with Gasteiger partial charge in [-0.3, -0.25) is 14.9 Å². The normalized spacial score (nSPS) is 11.0. The van der Waals surface area contributed by atoms with Crippen molar-refractivity contribution < 1.29 is 14.5 Å². The molecular formula is C18H14N4O4S. The lowest BCUT2D eigenvalue weighted by Gasteiger charge is -2.05. The zero-order valence-corrected chi connectivity index (χ0v) is 14.8. The summed E-state index contributed by atoms with van der Waals surface area (Å²) in [5.74, 6) is -0.00392. The van der Waals surface area contributed by atoms with Gasteiger partial charge in [0.05, 0.1) is 17.0 Å². The maximum Gasteiger partial charge on any atom is 0.299 e. The van der Waals surface area contributed by atoms with E-state index < -0.39 is 4.92 Å². The number of carbonyl (C=O) groups is 1. The van der Waals surface area contributed by atoms with Gasteiger partial charge in [0, 0.05) is 22.6 Å². The smallest absolute Gasteiger partial charge is 0.299 e. The Balaban J connectivity index is 1.76. The molecule has 27 heavy (non-hydrogen) atoms. The molecule has 8 nitrogen and oxygen atoms in total. The summed E-state index contributed by atoms with van der Waals surface area (Å²) in [5, 5.41) is 17.5. The van der Waals surface area contributed by atoms with E-state index in [0.29, 0.717) is 10.7 Å². The highest BCUT2D eigenvalue weighted by Gasteiger charge is 2.15. The molecule has 0 bridgehead atoms.